The van der Waals surface area contributed by atoms with E-state index in [9.17, 15) is 9.36 Å². The highest BCUT2D eigenvalue weighted by Crippen LogP contribution is 2.54. The summed E-state index contributed by atoms with van der Waals surface area (Å²) in [6, 6.07) is 18.3. The fraction of sp³-hybridized carbons (Fsp3) is 0.227. The van der Waals surface area contributed by atoms with Gasteiger partial charge in [-0.1, -0.05) is 84.0 Å². The lowest BCUT2D eigenvalue weighted by Crippen LogP contribution is -2.36. The Morgan fingerprint density at radius 3 is 1.84 bits per heavy atom. The predicted molar refractivity (Wildman–Crippen MR) is 105 cm³/mol. The SMILES string of the molecule is CC1=CCC(C)(C(=O)P(=O)(c2ccccc2)c2ccccc2)C(C)=C1. The summed E-state index contributed by atoms with van der Waals surface area (Å²) in [5.41, 5.74) is 1.19. The molecule has 0 aromatic heterocycles. The van der Waals surface area contributed by atoms with E-state index in [1.54, 1.807) is 24.3 Å². The van der Waals surface area contributed by atoms with Crippen molar-refractivity contribution in [2.24, 2.45) is 5.41 Å². The number of carbonyl (C=O) groups is 1. The Morgan fingerprint density at radius 1 is 0.920 bits per heavy atom. The van der Waals surface area contributed by atoms with Crippen LogP contribution in [0.15, 0.2) is 84.0 Å². The van der Waals surface area contributed by atoms with Gasteiger partial charge in [0.1, 0.15) is 0 Å². The maximum atomic E-state index is 14.3. The molecule has 1 aliphatic rings. The molecule has 1 aliphatic carbocycles. The molecule has 2 nitrogen and oxygen atoms in total. The highest BCUT2D eigenvalue weighted by atomic mass is 31.2. The smallest absolute Gasteiger partial charge is 0.210 e. The minimum atomic E-state index is -3.42. The van der Waals surface area contributed by atoms with Gasteiger partial charge in [0.2, 0.25) is 12.7 Å². The molecular weight excluding hydrogens is 327 g/mol. The molecule has 0 radical (unpaired) electrons. The van der Waals surface area contributed by atoms with Crippen molar-refractivity contribution >= 4 is 23.3 Å². The first kappa shape index (κ1) is 17.6. The maximum Gasteiger partial charge on any atom is 0.210 e. The van der Waals surface area contributed by atoms with E-state index in [2.05, 4.69) is 6.08 Å². The first-order valence-corrected chi connectivity index (χ1v) is 10.2. The molecule has 0 spiro atoms. The lowest BCUT2D eigenvalue weighted by molar-refractivity contribution is -0.118. The third-order valence-electron chi connectivity index (χ3n) is 5.14. The minimum Gasteiger partial charge on any atom is -0.306 e. The summed E-state index contributed by atoms with van der Waals surface area (Å²) in [6.07, 6.45) is 4.68. The molecule has 0 N–H and O–H groups in total. The molecule has 1 atom stereocenters. The Kier molecular flexibility index (Phi) is 4.67. The van der Waals surface area contributed by atoms with Crippen LogP contribution in [0.1, 0.15) is 27.2 Å². The van der Waals surface area contributed by atoms with Gasteiger partial charge in [-0.25, -0.2) is 0 Å². The molecule has 0 saturated heterocycles. The molecule has 0 amide bonds. The Morgan fingerprint density at radius 2 is 1.40 bits per heavy atom. The summed E-state index contributed by atoms with van der Waals surface area (Å²) in [5.74, 6) is 0. The Bertz CT molecular complexity index is 851. The van der Waals surface area contributed by atoms with Gasteiger partial charge in [0.25, 0.3) is 0 Å². The van der Waals surface area contributed by atoms with Gasteiger partial charge in [-0.3, -0.25) is 4.79 Å². The van der Waals surface area contributed by atoms with Crippen molar-refractivity contribution in [3.63, 3.8) is 0 Å². The van der Waals surface area contributed by atoms with Gasteiger partial charge in [0.15, 0.2) is 0 Å². The zero-order chi connectivity index (χ0) is 18.1. The molecule has 128 valence electrons. The topological polar surface area (TPSA) is 34.1 Å². The molecule has 2 aromatic rings. The van der Waals surface area contributed by atoms with E-state index in [0.717, 1.165) is 11.1 Å². The van der Waals surface area contributed by atoms with Crippen molar-refractivity contribution in [3.05, 3.63) is 84.0 Å². The molecule has 0 aliphatic heterocycles. The third-order valence-corrected chi connectivity index (χ3v) is 8.26. The summed E-state index contributed by atoms with van der Waals surface area (Å²) in [4.78, 5) is 13.7. The summed E-state index contributed by atoms with van der Waals surface area (Å²) in [5, 5.41) is 1.21. The monoisotopic (exact) mass is 350 g/mol. The molecule has 0 heterocycles. The van der Waals surface area contributed by atoms with Crippen LogP contribution in [0.5, 0.6) is 0 Å². The normalized spacial score (nSPS) is 20.6. The van der Waals surface area contributed by atoms with Crippen LogP contribution in [0.2, 0.25) is 0 Å². The van der Waals surface area contributed by atoms with Crippen LogP contribution in [0.25, 0.3) is 0 Å². The number of hydrogen-bond acceptors (Lipinski definition) is 2. The lowest BCUT2D eigenvalue weighted by Gasteiger charge is -2.34. The largest absolute Gasteiger partial charge is 0.306 e. The summed E-state index contributed by atoms with van der Waals surface area (Å²) < 4.78 is 14.3. The number of hydrogen-bond donors (Lipinski definition) is 0. The van der Waals surface area contributed by atoms with E-state index in [1.165, 1.54) is 0 Å². The number of carbonyl (C=O) groups excluding carboxylic acids is 1. The molecule has 0 bridgehead atoms. The second kappa shape index (κ2) is 6.61. The van der Waals surface area contributed by atoms with Crippen molar-refractivity contribution in [2.45, 2.75) is 27.2 Å². The van der Waals surface area contributed by atoms with Crippen molar-refractivity contribution < 1.29 is 9.36 Å². The van der Waals surface area contributed by atoms with Crippen molar-refractivity contribution in [1.82, 2.24) is 0 Å². The molecule has 3 heteroatoms. The van der Waals surface area contributed by atoms with Gasteiger partial charge in [0.05, 0.1) is 5.41 Å². The van der Waals surface area contributed by atoms with Crippen LogP contribution in [-0.4, -0.2) is 5.52 Å². The average Bonchev–Trinajstić information content (AvgIpc) is 2.65. The van der Waals surface area contributed by atoms with Crippen LogP contribution >= 0.6 is 7.14 Å². The Balaban J connectivity index is 2.19. The Labute approximate surface area is 149 Å². The number of allylic oxidation sites excluding steroid dienone is 4. The summed E-state index contributed by atoms with van der Waals surface area (Å²) in [7, 11) is -3.42. The fourth-order valence-corrected chi connectivity index (χ4v) is 6.26. The van der Waals surface area contributed by atoms with Crippen molar-refractivity contribution in [3.8, 4) is 0 Å². The van der Waals surface area contributed by atoms with Crippen LogP contribution in [0.4, 0.5) is 0 Å². The van der Waals surface area contributed by atoms with E-state index in [-0.39, 0.29) is 5.52 Å². The van der Waals surface area contributed by atoms with E-state index in [1.807, 2.05) is 63.2 Å². The Hall–Kier alpha value is -2.18. The van der Waals surface area contributed by atoms with Crippen LogP contribution < -0.4 is 10.6 Å². The summed E-state index contributed by atoms with van der Waals surface area (Å²) in [6.45, 7) is 5.92. The van der Waals surface area contributed by atoms with E-state index >= 15 is 0 Å². The molecular formula is C22H23O2P. The van der Waals surface area contributed by atoms with Crippen LogP contribution in [0, 0.1) is 5.41 Å². The van der Waals surface area contributed by atoms with Crippen molar-refractivity contribution in [1.29, 1.82) is 0 Å². The minimum absolute atomic E-state index is 0.185. The highest BCUT2D eigenvalue weighted by molar-refractivity contribution is 7.93. The number of rotatable bonds is 4. The van der Waals surface area contributed by atoms with E-state index in [4.69, 9.17) is 0 Å². The molecule has 0 fully saturated rings. The zero-order valence-electron chi connectivity index (χ0n) is 14.9. The molecule has 2 aromatic carbocycles. The van der Waals surface area contributed by atoms with Gasteiger partial charge in [0, 0.05) is 10.6 Å². The van der Waals surface area contributed by atoms with Gasteiger partial charge in [-0.05, 0) is 27.2 Å². The van der Waals surface area contributed by atoms with Gasteiger partial charge < -0.3 is 4.57 Å². The molecule has 3 rings (SSSR count). The number of benzene rings is 2. The van der Waals surface area contributed by atoms with Crippen molar-refractivity contribution in [2.75, 3.05) is 0 Å². The lowest BCUT2D eigenvalue weighted by atomic mass is 9.77. The van der Waals surface area contributed by atoms with Gasteiger partial charge in [-0.15, -0.1) is 0 Å². The quantitative estimate of drug-likeness (QED) is 0.740. The maximum absolute atomic E-state index is 14.3. The third kappa shape index (κ3) is 2.96. The fourth-order valence-electron chi connectivity index (χ4n) is 3.35. The standard InChI is InChI=1S/C22H23O2P/c1-17-14-15-22(3,18(2)16-17)21(23)25(24,19-10-6-4-7-11-19)20-12-8-5-9-13-20/h4-14,16H,15H2,1-3H3. The first-order valence-electron chi connectivity index (χ1n) is 8.51. The van der Waals surface area contributed by atoms with Crippen LogP contribution in [0.3, 0.4) is 0 Å². The average molecular weight is 350 g/mol. The second-order valence-corrected chi connectivity index (χ2v) is 9.55. The zero-order valence-corrected chi connectivity index (χ0v) is 15.8. The first-order chi connectivity index (χ1) is 11.9. The van der Waals surface area contributed by atoms with Gasteiger partial charge >= 0.3 is 0 Å². The predicted octanol–water partition coefficient (Wildman–Crippen LogP) is 4.83. The van der Waals surface area contributed by atoms with E-state index in [0.29, 0.717) is 17.0 Å². The molecule has 1 unspecified atom stereocenters. The highest BCUT2D eigenvalue weighted by Gasteiger charge is 2.47. The van der Waals surface area contributed by atoms with Crippen LogP contribution in [-0.2, 0) is 9.36 Å². The molecule has 25 heavy (non-hydrogen) atoms. The van der Waals surface area contributed by atoms with Gasteiger partial charge in [-0.2, -0.15) is 0 Å². The van der Waals surface area contributed by atoms with E-state index < -0.39 is 12.6 Å². The summed E-state index contributed by atoms with van der Waals surface area (Å²) >= 11 is 0. The molecule has 0 saturated carbocycles. The second-order valence-electron chi connectivity index (χ2n) is 6.90.